The van der Waals surface area contributed by atoms with Crippen LogP contribution in [-0.2, 0) is 4.79 Å². The monoisotopic (exact) mass is 347 g/mol. The number of rotatable bonds is 4. The van der Waals surface area contributed by atoms with Gasteiger partial charge in [0.2, 0.25) is 5.91 Å². The third-order valence-corrected chi connectivity index (χ3v) is 5.45. The minimum Gasteiger partial charge on any atom is -0.337 e. The lowest BCUT2D eigenvalue weighted by atomic mass is 10.0. The Kier molecular flexibility index (Phi) is 5.08. The van der Waals surface area contributed by atoms with E-state index in [4.69, 9.17) is 0 Å². The van der Waals surface area contributed by atoms with Gasteiger partial charge in [-0.1, -0.05) is 13.3 Å². The van der Waals surface area contributed by atoms with Gasteiger partial charge >= 0.3 is 0 Å². The smallest absolute Gasteiger partial charge is 0.256 e. The van der Waals surface area contributed by atoms with Gasteiger partial charge in [0.05, 0.1) is 5.56 Å². The number of halogens is 1. The van der Waals surface area contributed by atoms with Crippen molar-refractivity contribution < 1.29 is 14.0 Å². The van der Waals surface area contributed by atoms with Crippen LogP contribution in [0.15, 0.2) is 18.2 Å². The van der Waals surface area contributed by atoms with E-state index in [1.807, 2.05) is 14.1 Å². The average molecular weight is 347 g/mol. The minimum atomic E-state index is -0.526. The molecule has 0 N–H and O–H groups in total. The Morgan fingerprint density at radius 2 is 2.08 bits per heavy atom. The molecule has 2 saturated heterocycles. The van der Waals surface area contributed by atoms with Gasteiger partial charge in [0.25, 0.3) is 5.91 Å². The van der Waals surface area contributed by atoms with Crippen molar-refractivity contribution in [3.63, 3.8) is 0 Å². The summed E-state index contributed by atoms with van der Waals surface area (Å²) in [5.74, 6) is -0.384. The second-order valence-corrected chi connectivity index (χ2v) is 7.22. The summed E-state index contributed by atoms with van der Waals surface area (Å²) in [5, 5.41) is 0. The van der Waals surface area contributed by atoms with E-state index in [1.54, 1.807) is 15.9 Å². The van der Waals surface area contributed by atoms with E-state index in [-0.39, 0.29) is 17.4 Å². The molecule has 1 aromatic carbocycles. The highest BCUT2D eigenvalue weighted by Crippen LogP contribution is 2.28. The standard InChI is InChI=1S/C19H26FN3O2/c1-4-13-11-22(12-17(13)21(2)3)19(25)15-10-14(7-8-16(15)20)23-9-5-6-18(23)24/h7-8,10,13,17H,4-6,9,11-12H2,1-3H3/t13-,17+/m0/s1. The predicted molar refractivity (Wildman–Crippen MR) is 95.1 cm³/mol. The Hall–Kier alpha value is -1.95. The normalized spacial score (nSPS) is 23.8. The number of nitrogens with zero attached hydrogens (tertiary/aromatic N) is 3. The van der Waals surface area contributed by atoms with Crippen molar-refractivity contribution >= 4 is 17.5 Å². The van der Waals surface area contributed by atoms with Gasteiger partial charge in [-0.3, -0.25) is 9.59 Å². The molecule has 1 aromatic rings. The van der Waals surface area contributed by atoms with Gasteiger partial charge in [-0.2, -0.15) is 0 Å². The zero-order valence-electron chi connectivity index (χ0n) is 15.2. The maximum absolute atomic E-state index is 14.3. The van der Waals surface area contributed by atoms with E-state index >= 15 is 0 Å². The molecular formula is C19H26FN3O2. The summed E-state index contributed by atoms with van der Waals surface area (Å²) in [7, 11) is 4.03. The van der Waals surface area contributed by atoms with Gasteiger partial charge in [0.1, 0.15) is 5.82 Å². The molecule has 2 amide bonds. The number of hydrogen-bond donors (Lipinski definition) is 0. The number of amides is 2. The van der Waals surface area contributed by atoms with Crippen LogP contribution in [0.2, 0.25) is 0 Å². The number of carbonyl (C=O) groups is 2. The molecule has 0 spiro atoms. The molecule has 2 aliphatic heterocycles. The molecule has 0 aliphatic carbocycles. The second-order valence-electron chi connectivity index (χ2n) is 7.22. The first-order valence-electron chi connectivity index (χ1n) is 8.98. The maximum Gasteiger partial charge on any atom is 0.256 e. The fraction of sp³-hybridized carbons (Fsp3) is 0.579. The first-order valence-corrected chi connectivity index (χ1v) is 8.98. The van der Waals surface area contributed by atoms with Crippen LogP contribution in [0.4, 0.5) is 10.1 Å². The summed E-state index contributed by atoms with van der Waals surface area (Å²) in [6, 6.07) is 4.70. The summed E-state index contributed by atoms with van der Waals surface area (Å²) >= 11 is 0. The molecule has 2 heterocycles. The molecule has 0 radical (unpaired) electrons. The van der Waals surface area contributed by atoms with Crippen molar-refractivity contribution in [2.24, 2.45) is 5.92 Å². The summed E-state index contributed by atoms with van der Waals surface area (Å²) < 4.78 is 14.3. The van der Waals surface area contributed by atoms with Crippen molar-refractivity contribution in [3.05, 3.63) is 29.6 Å². The van der Waals surface area contributed by atoms with E-state index in [0.717, 1.165) is 12.8 Å². The van der Waals surface area contributed by atoms with Crippen molar-refractivity contribution in [1.82, 2.24) is 9.80 Å². The van der Waals surface area contributed by atoms with E-state index in [9.17, 15) is 14.0 Å². The maximum atomic E-state index is 14.3. The van der Waals surface area contributed by atoms with E-state index < -0.39 is 5.82 Å². The quantitative estimate of drug-likeness (QED) is 0.840. The molecule has 0 unspecified atom stereocenters. The van der Waals surface area contributed by atoms with Gasteiger partial charge < -0.3 is 14.7 Å². The Morgan fingerprint density at radius 3 is 2.64 bits per heavy atom. The Balaban J connectivity index is 1.83. The van der Waals surface area contributed by atoms with Crippen LogP contribution in [0.5, 0.6) is 0 Å². The Morgan fingerprint density at radius 1 is 1.32 bits per heavy atom. The number of anilines is 1. The van der Waals surface area contributed by atoms with E-state index in [2.05, 4.69) is 11.8 Å². The SMILES string of the molecule is CC[C@H]1CN(C(=O)c2cc(N3CCCC3=O)ccc2F)C[C@H]1N(C)C. The van der Waals surface area contributed by atoms with Crippen LogP contribution in [0.25, 0.3) is 0 Å². The molecule has 0 bridgehead atoms. The molecule has 2 fully saturated rings. The van der Waals surface area contributed by atoms with Crippen LogP contribution in [0.1, 0.15) is 36.5 Å². The fourth-order valence-electron chi connectivity index (χ4n) is 3.94. The fourth-order valence-corrected chi connectivity index (χ4v) is 3.94. The van der Waals surface area contributed by atoms with Crippen molar-refractivity contribution in [2.45, 2.75) is 32.2 Å². The number of likely N-dealkylation sites (N-methyl/N-ethyl adjacent to an activating group) is 1. The third-order valence-electron chi connectivity index (χ3n) is 5.45. The van der Waals surface area contributed by atoms with E-state index in [1.165, 1.54) is 12.1 Å². The first kappa shape index (κ1) is 17.9. The molecule has 2 aliphatic rings. The molecule has 6 heteroatoms. The molecule has 3 rings (SSSR count). The van der Waals surface area contributed by atoms with Gasteiger partial charge in [0, 0.05) is 37.8 Å². The third kappa shape index (κ3) is 3.40. The van der Waals surface area contributed by atoms with Gasteiger partial charge in [-0.15, -0.1) is 0 Å². The minimum absolute atomic E-state index is 0.0323. The lowest BCUT2D eigenvalue weighted by Crippen LogP contribution is -2.36. The molecule has 25 heavy (non-hydrogen) atoms. The average Bonchev–Trinajstić information content (AvgIpc) is 3.21. The summed E-state index contributed by atoms with van der Waals surface area (Å²) in [6.45, 7) is 4.00. The Bertz CT molecular complexity index is 677. The van der Waals surface area contributed by atoms with Crippen molar-refractivity contribution in [1.29, 1.82) is 0 Å². The van der Waals surface area contributed by atoms with Crippen molar-refractivity contribution in [2.75, 3.05) is 38.6 Å². The predicted octanol–water partition coefficient (Wildman–Crippen LogP) is 2.36. The molecule has 136 valence electrons. The summed E-state index contributed by atoms with van der Waals surface area (Å²) in [5.41, 5.74) is 0.675. The van der Waals surface area contributed by atoms with Gasteiger partial charge in [-0.25, -0.2) is 4.39 Å². The van der Waals surface area contributed by atoms with Gasteiger partial charge in [0.15, 0.2) is 0 Å². The van der Waals surface area contributed by atoms with Crippen LogP contribution < -0.4 is 4.90 Å². The topological polar surface area (TPSA) is 43.9 Å². The Labute approximate surface area is 148 Å². The van der Waals surface area contributed by atoms with Crippen LogP contribution in [-0.4, -0.2) is 61.4 Å². The summed E-state index contributed by atoms with van der Waals surface area (Å²) in [4.78, 5) is 30.4. The molecule has 5 nitrogen and oxygen atoms in total. The zero-order chi connectivity index (χ0) is 18.1. The number of likely N-dealkylation sites (tertiary alicyclic amines) is 1. The highest BCUT2D eigenvalue weighted by atomic mass is 19.1. The number of hydrogen-bond acceptors (Lipinski definition) is 3. The molecular weight excluding hydrogens is 321 g/mol. The number of carbonyl (C=O) groups excluding carboxylic acids is 2. The lowest BCUT2D eigenvalue weighted by molar-refractivity contribution is -0.117. The largest absolute Gasteiger partial charge is 0.337 e. The highest BCUT2D eigenvalue weighted by Gasteiger charge is 2.36. The molecule has 2 atom stereocenters. The zero-order valence-corrected chi connectivity index (χ0v) is 15.2. The summed E-state index contributed by atoms with van der Waals surface area (Å²) in [6.07, 6.45) is 2.29. The molecule has 0 aromatic heterocycles. The lowest BCUT2D eigenvalue weighted by Gasteiger charge is -2.24. The van der Waals surface area contributed by atoms with Crippen LogP contribution in [0.3, 0.4) is 0 Å². The van der Waals surface area contributed by atoms with Crippen LogP contribution >= 0.6 is 0 Å². The second kappa shape index (κ2) is 7.12. The highest BCUT2D eigenvalue weighted by molar-refractivity contribution is 5.99. The van der Waals surface area contributed by atoms with Gasteiger partial charge in [-0.05, 0) is 44.6 Å². The first-order chi connectivity index (χ1) is 11.9. The van der Waals surface area contributed by atoms with Crippen LogP contribution in [0, 0.1) is 11.7 Å². The molecule has 0 saturated carbocycles. The van der Waals surface area contributed by atoms with E-state index in [0.29, 0.717) is 43.7 Å². The number of benzene rings is 1. The van der Waals surface area contributed by atoms with Crippen molar-refractivity contribution in [3.8, 4) is 0 Å².